The summed E-state index contributed by atoms with van der Waals surface area (Å²) in [5, 5.41) is 2.65. The van der Waals surface area contributed by atoms with E-state index >= 15 is 0 Å². The van der Waals surface area contributed by atoms with Crippen molar-refractivity contribution in [3.05, 3.63) is 54.1 Å². The summed E-state index contributed by atoms with van der Waals surface area (Å²) in [6, 6.07) is 12.0. The second-order valence-electron chi connectivity index (χ2n) is 6.58. The van der Waals surface area contributed by atoms with Gasteiger partial charge in [-0.05, 0) is 36.4 Å². The van der Waals surface area contributed by atoms with E-state index < -0.39 is 11.7 Å². The number of anilines is 1. The number of thioether (sulfide) groups is 1. The van der Waals surface area contributed by atoms with Gasteiger partial charge < -0.3 is 15.0 Å². The molecule has 0 aliphatic carbocycles. The topological polar surface area (TPSA) is 58.6 Å². The summed E-state index contributed by atoms with van der Waals surface area (Å²) in [5.74, 6) is 0.725. The number of para-hydroxylation sites is 1. The first kappa shape index (κ1) is 22.0. The third-order valence-corrected chi connectivity index (χ3v) is 5.51. The summed E-state index contributed by atoms with van der Waals surface area (Å²) in [4.78, 5) is 27.3. The standard InChI is InChI=1S/C21H21F3N2O3S/c22-21(23,24)15-5-7-16(8-6-15)29-13-11-25-19(27)9-10-20(28)26-12-14-30-18-4-2-1-3-17(18)26/h1-8H,9-14H2,(H,25,27). The van der Waals surface area contributed by atoms with Crippen molar-refractivity contribution in [2.24, 2.45) is 0 Å². The van der Waals surface area contributed by atoms with Gasteiger partial charge in [-0.1, -0.05) is 12.1 Å². The smallest absolute Gasteiger partial charge is 0.416 e. The molecule has 0 spiro atoms. The Labute approximate surface area is 176 Å². The maximum atomic E-state index is 12.5. The first-order chi connectivity index (χ1) is 14.3. The van der Waals surface area contributed by atoms with Crippen molar-refractivity contribution in [2.75, 3.05) is 30.3 Å². The van der Waals surface area contributed by atoms with Gasteiger partial charge >= 0.3 is 6.18 Å². The summed E-state index contributed by atoms with van der Waals surface area (Å²) in [5.41, 5.74) is 0.131. The van der Waals surface area contributed by atoms with Gasteiger partial charge in [0.25, 0.3) is 0 Å². The fraction of sp³-hybridized carbons (Fsp3) is 0.333. The molecule has 0 unspecified atom stereocenters. The van der Waals surface area contributed by atoms with Crippen LogP contribution >= 0.6 is 11.8 Å². The normalized spacial score (nSPS) is 13.5. The quantitative estimate of drug-likeness (QED) is 0.661. The minimum Gasteiger partial charge on any atom is -0.492 e. The molecule has 1 aliphatic heterocycles. The number of carbonyl (C=O) groups is 2. The predicted molar refractivity (Wildman–Crippen MR) is 109 cm³/mol. The number of carbonyl (C=O) groups excluding carboxylic acids is 2. The first-order valence-electron chi connectivity index (χ1n) is 9.43. The van der Waals surface area contributed by atoms with Crippen molar-refractivity contribution in [3.8, 4) is 5.75 Å². The number of ether oxygens (including phenoxy) is 1. The van der Waals surface area contributed by atoms with Crippen LogP contribution in [0, 0.1) is 0 Å². The van der Waals surface area contributed by atoms with Crippen LogP contribution < -0.4 is 15.0 Å². The van der Waals surface area contributed by atoms with E-state index in [1.165, 1.54) is 12.1 Å². The molecule has 160 valence electrons. The molecule has 1 aliphatic rings. The van der Waals surface area contributed by atoms with Crippen molar-refractivity contribution in [2.45, 2.75) is 23.9 Å². The highest BCUT2D eigenvalue weighted by molar-refractivity contribution is 7.99. The molecule has 0 fully saturated rings. The fourth-order valence-electron chi connectivity index (χ4n) is 2.97. The van der Waals surface area contributed by atoms with Crippen LogP contribution in [-0.2, 0) is 15.8 Å². The van der Waals surface area contributed by atoms with Gasteiger partial charge in [0.1, 0.15) is 12.4 Å². The minimum atomic E-state index is -4.39. The van der Waals surface area contributed by atoms with Gasteiger partial charge in [0.2, 0.25) is 11.8 Å². The van der Waals surface area contributed by atoms with Gasteiger partial charge in [0.05, 0.1) is 17.8 Å². The zero-order valence-corrected chi connectivity index (χ0v) is 16.9. The van der Waals surface area contributed by atoms with E-state index in [1.807, 2.05) is 24.3 Å². The average molecular weight is 438 g/mol. The number of nitrogens with one attached hydrogen (secondary N) is 1. The lowest BCUT2D eigenvalue weighted by Gasteiger charge is -2.29. The molecule has 0 aromatic heterocycles. The Kier molecular flexibility index (Phi) is 7.25. The fourth-order valence-corrected chi connectivity index (χ4v) is 3.97. The first-order valence-corrected chi connectivity index (χ1v) is 10.4. The summed E-state index contributed by atoms with van der Waals surface area (Å²) in [7, 11) is 0. The second kappa shape index (κ2) is 9.88. The van der Waals surface area contributed by atoms with Crippen LogP contribution in [0.1, 0.15) is 18.4 Å². The van der Waals surface area contributed by atoms with E-state index in [1.54, 1.807) is 16.7 Å². The van der Waals surface area contributed by atoms with Crippen molar-refractivity contribution >= 4 is 29.3 Å². The van der Waals surface area contributed by atoms with Gasteiger partial charge in [0.15, 0.2) is 0 Å². The SMILES string of the molecule is O=C(CCC(=O)N1CCSc2ccccc21)NCCOc1ccc(C(F)(F)F)cc1. The summed E-state index contributed by atoms with van der Waals surface area (Å²) in [6.07, 6.45) is -4.23. The van der Waals surface area contributed by atoms with Crippen LogP contribution in [0.15, 0.2) is 53.4 Å². The van der Waals surface area contributed by atoms with Crippen molar-refractivity contribution in [3.63, 3.8) is 0 Å². The average Bonchev–Trinajstić information content (AvgIpc) is 2.74. The molecule has 2 amide bonds. The molecule has 0 saturated heterocycles. The van der Waals surface area contributed by atoms with Gasteiger partial charge in [0, 0.05) is 30.0 Å². The molecule has 0 saturated carbocycles. The molecule has 1 heterocycles. The third kappa shape index (κ3) is 5.91. The van der Waals surface area contributed by atoms with E-state index in [9.17, 15) is 22.8 Å². The number of alkyl halides is 3. The minimum absolute atomic E-state index is 0.0604. The van der Waals surface area contributed by atoms with Crippen LogP contribution in [0.25, 0.3) is 0 Å². The molecule has 3 rings (SSSR count). The number of nitrogens with zero attached hydrogens (tertiary/aromatic N) is 1. The Morgan fingerprint density at radius 2 is 1.80 bits per heavy atom. The van der Waals surface area contributed by atoms with Crippen molar-refractivity contribution < 1.29 is 27.5 Å². The van der Waals surface area contributed by atoms with Crippen LogP contribution in [0.5, 0.6) is 5.75 Å². The molecule has 9 heteroatoms. The van der Waals surface area contributed by atoms with Gasteiger partial charge in [-0.2, -0.15) is 13.2 Å². The Balaban J connectivity index is 1.37. The van der Waals surface area contributed by atoms with E-state index in [-0.39, 0.29) is 43.6 Å². The third-order valence-electron chi connectivity index (χ3n) is 4.47. The van der Waals surface area contributed by atoms with Gasteiger partial charge in [-0.15, -0.1) is 11.8 Å². The highest BCUT2D eigenvalue weighted by Crippen LogP contribution is 2.34. The lowest BCUT2D eigenvalue weighted by molar-refractivity contribution is -0.137. The number of amides is 2. The Bertz CT molecular complexity index is 888. The molecule has 0 radical (unpaired) electrons. The largest absolute Gasteiger partial charge is 0.492 e. The number of hydrogen-bond acceptors (Lipinski definition) is 4. The molecule has 2 aromatic carbocycles. The van der Waals surface area contributed by atoms with Crippen LogP contribution in [-0.4, -0.2) is 37.3 Å². The number of benzene rings is 2. The van der Waals surface area contributed by atoms with Crippen molar-refractivity contribution in [1.29, 1.82) is 0 Å². The van der Waals surface area contributed by atoms with E-state index in [0.717, 1.165) is 28.5 Å². The summed E-state index contributed by atoms with van der Waals surface area (Å²) in [6.45, 7) is 0.919. The number of hydrogen-bond donors (Lipinski definition) is 1. The van der Waals surface area contributed by atoms with Gasteiger partial charge in [-0.3, -0.25) is 9.59 Å². The zero-order valence-electron chi connectivity index (χ0n) is 16.1. The lowest BCUT2D eigenvalue weighted by atomic mass is 10.2. The summed E-state index contributed by atoms with van der Waals surface area (Å²) >= 11 is 1.71. The number of fused-ring (bicyclic) bond motifs is 1. The van der Waals surface area contributed by atoms with Crippen LogP contribution in [0.4, 0.5) is 18.9 Å². The van der Waals surface area contributed by atoms with Crippen LogP contribution in [0.3, 0.4) is 0 Å². The van der Waals surface area contributed by atoms with Crippen molar-refractivity contribution in [1.82, 2.24) is 5.32 Å². The highest BCUT2D eigenvalue weighted by Gasteiger charge is 2.30. The molecule has 30 heavy (non-hydrogen) atoms. The van der Waals surface area contributed by atoms with E-state index in [0.29, 0.717) is 6.54 Å². The molecule has 2 aromatic rings. The molecule has 0 atom stereocenters. The van der Waals surface area contributed by atoms with E-state index in [2.05, 4.69) is 5.32 Å². The van der Waals surface area contributed by atoms with Gasteiger partial charge in [-0.25, -0.2) is 0 Å². The van der Waals surface area contributed by atoms with E-state index in [4.69, 9.17) is 4.74 Å². The Morgan fingerprint density at radius 3 is 2.53 bits per heavy atom. The molecule has 0 bridgehead atoms. The predicted octanol–water partition coefficient (Wildman–Crippen LogP) is 4.12. The number of rotatable bonds is 7. The Hall–Kier alpha value is -2.68. The Morgan fingerprint density at radius 1 is 1.07 bits per heavy atom. The maximum Gasteiger partial charge on any atom is 0.416 e. The zero-order chi connectivity index (χ0) is 21.6. The monoisotopic (exact) mass is 438 g/mol. The molecular formula is C21H21F3N2O3S. The maximum absolute atomic E-state index is 12.5. The second-order valence-corrected chi connectivity index (χ2v) is 7.72. The van der Waals surface area contributed by atoms with Crippen LogP contribution in [0.2, 0.25) is 0 Å². The molecule has 5 nitrogen and oxygen atoms in total. The lowest BCUT2D eigenvalue weighted by Crippen LogP contribution is -2.36. The highest BCUT2D eigenvalue weighted by atomic mass is 32.2. The summed E-state index contributed by atoms with van der Waals surface area (Å²) < 4.78 is 42.9. The molecule has 1 N–H and O–H groups in total. The number of halogens is 3. The molecular weight excluding hydrogens is 417 g/mol.